The summed E-state index contributed by atoms with van der Waals surface area (Å²) in [7, 11) is 3.82. The number of anilines is 1. The van der Waals surface area contributed by atoms with E-state index in [0.717, 1.165) is 16.3 Å². The van der Waals surface area contributed by atoms with Crippen LogP contribution in [-0.2, 0) is 11.2 Å². The molecule has 0 aromatic carbocycles. The highest BCUT2D eigenvalue weighted by Gasteiger charge is 2.16. The molecule has 3 rings (SSSR count). The van der Waals surface area contributed by atoms with Crippen molar-refractivity contribution < 1.29 is 9.90 Å². The fourth-order valence-electron chi connectivity index (χ4n) is 2.25. The maximum Gasteiger partial charge on any atom is 0.139 e. The number of halogens is 1. The van der Waals surface area contributed by atoms with Crippen LogP contribution >= 0.6 is 22.9 Å². The van der Waals surface area contributed by atoms with Gasteiger partial charge in [-0.05, 0) is 24.3 Å². The van der Waals surface area contributed by atoms with Crippen LogP contribution in [0.3, 0.4) is 0 Å². The predicted molar refractivity (Wildman–Crippen MR) is 93.2 cm³/mol. The number of pyridine rings is 1. The third-order valence-corrected chi connectivity index (χ3v) is 4.62. The number of aliphatic carboxylic acids is 1. The molecule has 0 aliphatic rings. The maximum absolute atomic E-state index is 11.0. The molecule has 0 radical (unpaired) electrons. The number of thiophene rings is 1. The highest BCUT2D eigenvalue weighted by atomic mass is 35.5. The van der Waals surface area contributed by atoms with Crippen molar-refractivity contribution in [2.45, 2.75) is 6.42 Å². The Bertz CT molecular complexity index is 871. The molecular formula is C16H14ClN4O2S-. The molecule has 0 saturated heterocycles. The first-order valence-electron chi connectivity index (χ1n) is 7.12. The van der Waals surface area contributed by atoms with Crippen molar-refractivity contribution in [1.82, 2.24) is 15.0 Å². The standard InChI is InChI=1S/C16H15ClN4O2S/c1-21(2)13-6-3-9(8-18-13)16-19-10(7-14(22)23)15(20-16)11-4-5-12(17)24-11/h3-6,8H,7H2,1-2H3,(H,19,20)(H,22,23)/p-1. The maximum atomic E-state index is 11.0. The topological polar surface area (TPSA) is 84.9 Å². The molecule has 3 aromatic heterocycles. The smallest absolute Gasteiger partial charge is 0.139 e. The Morgan fingerprint density at radius 2 is 2.12 bits per heavy atom. The molecule has 0 saturated carbocycles. The Morgan fingerprint density at radius 1 is 1.33 bits per heavy atom. The first-order chi connectivity index (χ1) is 11.4. The van der Waals surface area contributed by atoms with Gasteiger partial charge in [0.25, 0.3) is 0 Å². The third kappa shape index (κ3) is 3.42. The van der Waals surface area contributed by atoms with Gasteiger partial charge in [0.1, 0.15) is 17.3 Å². The number of rotatable bonds is 5. The third-order valence-electron chi connectivity index (χ3n) is 3.39. The van der Waals surface area contributed by atoms with Crippen LogP contribution in [0.4, 0.5) is 5.82 Å². The second-order valence-corrected chi connectivity index (χ2v) is 7.08. The molecule has 0 bridgehead atoms. The van der Waals surface area contributed by atoms with E-state index in [4.69, 9.17) is 11.6 Å². The van der Waals surface area contributed by atoms with Crippen LogP contribution in [0, 0.1) is 0 Å². The number of carbonyl (C=O) groups is 1. The van der Waals surface area contributed by atoms with Crippen molar-refractivity contribution in [2.24, 2.45) is 0 Å². The molecule has 0 fully saturated rings. The van der Waals surface area contributed by atoms with Crippen LogP contribution in [0.1, 0.15) is 5.69 Å². The normalized spacial score (nSPS) is 10.8. The molecule has 0 aliphatic carbocycles. The summed E-state index contributed by atoms with van der Waals surface area (Å²) in [5, 5.41) is 11.0. The molecule has 0 unspecified atom stereocenters. The van der Waals surface area contributed by atoms with Gasteiger partial charge in [0.15, 0.2) is 0 Å². The molecule has 0 atom stereocenters. The molecule has 1 N–H and O–H groups in total. The number of hydrogen-bond acceptors (Lipinski definition) is 6. The molecule has 3 heterocycles. The Kier molecular flexibility index (Phi) is 4.55. The van der Waals surface area contributed by atoms with Crippen molar-refractivity contribution in [3.05, 3.63) is 40.5 Å². The zero-order chi connectivity index (χ0) is 17.3. The van der Waals surface area contributed by atoms with E-state index in [1.54, 1.807) is 12.3 Å². The average Bonchev–Trinajstić information content (AvgIpc) is 3.13. The van der Waals surface area contributed by atoms with Gasteiger partial charge in [0.05, 0.1) is 9.21 Å². The van der Waals surface area contributed by atoms with Gasteiger partial charge < -0.3 is 19.8 Å². The number of aromatic amines is 1. The molecule has 24 heavy (non-hydrogen) atoms. The van der Waals surface area contributed by atoms with Crippen LogP contribution < -0.4 is 10.0 Å². The van der Waals surface area contributed by atoms with Crippen molar-refractivity contribution in [2.75, 3.05) is 19.0 Å². The summed E-state index contributed by atoms with van der Waals surface area (Å²) in [6, 6.07) is 7.33. The summed E-state index contributed by atoms with van der Waals surface area (Å²) >= 11 is 7.32. The van der Waals surface area contributed by atoms with Gasteiger partial charge in [-0.15, -0.1) is 11.3 Å². The Balaban J connectivity index is 2.02. The molecule has 3 aromatic rings. The first kappa shape index (κ1) is 16.5. The second kappa shape index (κ2) is 6.62. The molecule has 0 spiro atoms. The fourth-order valence-corrected chi connectivity index (χ4v) is 3.31. The Hall–Kier alpha value is -2.38. The number of H-pyrrole nitrogens is 1. The van der Waals surface area contributed by atoms with Gasteiger partial charge in [0.2, 0.25) is 0 Å². The monoisotopic (exact) mass is 361 g/mol. The van der Waals surface area contributed by atoms with Crippen molar-refractivity contribution in [1.29, 1.82) is 0 Å². The minimum absolute atomic E-state index is 0.249. The van der Waals surface area contributed by atoms with Crippen LogP contribution in [-0.4, -0.2) is 35.0 Å². The minimum Gasteiger partial charge on any atom is -0.550 e. The zero-order valence-electron chi connectivity index (χ0n) is 13.0. The van der Waals surface area contributed by atoms with E-state index in [0.29, 0.717) is 21.5 Å². The van der Waals surface area contributed by atoms with E-state index in [1.165, 1.54) is 11.3 Å². The number of nitrogens with one attached hydrogen (secondary N) is 1. The van der Waals surface area contributed by atoms with Gasteiger partial charge in [0, 0.05) is 43.9 Å². The lowest BCUT2D eigenvalue weighted by Crippen LogP contribution is -2.24. The van der Waals surface area contributed by atoms with E-state index >= 15 is 0 Å². The summed E-state index contributed by atoms with van der Waals surface area (Å²) < 4.78 is 0.617. The van der Waals surface area contributed by atoms with Crippen molar-refractivity contribution in [3.63, 3.8) is 0 Å². The summed E-state index contributed by atoms with van der Waals surface area (Å²) in [5.74, 6) is 0.212. The van der Waals surface area contributed by atoms with Crippen LogP contribution in [0.15, 0.2) is 30.5 Å². The first-order valence-corrected chi connectivity index (χ1v) is 8.31. The highest BCUT2D eigenvalue weighted by molar-refractivity contribution is 7.19. The van der Waals surface area contributed by atoms with Gasteiger partial charge in [-0.3, -0.25) is 0 Å². The Morgan fingerprint density at radius 3 is 2.67 bits per heavy atom. The summed E-state index contributed by atoms with van der Waals surface area (Å²) in [5.41, 5.74) is 1.83. The number of hydrogen-bond donors (Lipinski definition) is 1. The van der Waals surface area contributed by atoms with Crippen molar-refractivity contribution >= 4 is 34.7 Å². The van der Waals surface area contributed by atoms with Crippen LogP contribution in [0.25, 0.3) is 22.0 Å². The number of carboxylic acid groups (broad SMARTS) is 1. The lowest BCUT2D eigenvalue weighted by Gasteiger charge is -2.10. The van der Waals surface area contributed by atoms with E-state index in [1.807, 2.05) is 37.2 Å². The largest absolute Gasteiger partial charge is 0.550 e. The minimum atomic E-state index is -1.17. The SMILES string of the molecule is CN(C)c1ccc(-c2nc(-c3ccc(Cl)s3)c(CC(=O)[O-])[nH]2)cn1. The number of imidazole rings is 1. The Labute approximate surface area is 147 Å². The summed E-state index contributed by atoms with van der Waals surface area (Å²) in [6.07, 6.45) is 1.45. The van der Waals surface area contributed by atoms with Gasteiger partial charge in [-0.2, -0.15) is 0 Å². The molecule has 0 aliphatic heterocycles. The summed E-state index contributed by atoms with van der Waals surface area (Å²) in [6.45, 7) is 0. The van der Waals surface area contributed by atoms with E-state index in [2.05, 4.69) is 15.0 Å². The van der Waals surface area contributed by atoms with Crippen LogP contribution in [0.2, 0.25) is 4.34 Å². The van der Waals surface area contributed by atoms with E-state index < -0.39 is 5.97 Å². The van der Waals surface area contributed by atoms with Crippen LogP contribution in [0.5, 0.6) is 0 Å². The number of aromatic nitrogens is 3. The van der Waals surface area contributed by atoms with Gasteiger partial charge in [-0.1, -0.05) is 11.6 Å². The lowest BCUT2D eigenvalue weighted by molar-refractivity contribution is -0.304. The molecule has 6 nitrogen and oxygen atoms in total. The van der Waals surface area contributed by atoms with Gasteiger partial charge >= 0.3 is 0 Å². The van der Waals surface area contributed by atoms with E-state index in [9.17, 15) is 9.90 Å². The number of nitrogens with zero attached hydrogens (tertiary/aromatic N) is 3. The highest BCUT2D eigenvalue weighted by Crippen LogP contribution is 2.33. The average molecular weight is 362 g/mol. The zero-order valence-corrected chi connectivity index (χ0v) is 14.6. The quantitative estimate of drug-likeness (QED) is 0.753. The molecule has 8 heteroatoms. The van der Waals surface area contributed by atoms with E-state index in [-0.39, 0.29) is 6.42 Å². The molecule has 0 amide bonds. The second-order valence-electron chi connectivity index (χ2n) is 5.36. The van der Waals surface area contributed by atoms with Gasteiger partial charge in [-0.25, -0.2) is 9.97 Å². The predicted octanol–water partition coefficient (Wildman–Crippen LogP) is 2.21. The molecular weight excluding hydrogens is 348 g/mol. The number of carbonyl (C=O) groups excluding carboxylic acids is 1. The lowest BCUT2D eigenvalue weighted by atomic mass is 10.2. The summed E-state index contributed by atoms with van der Waals surface area (Å²) in [4.78, 5) is 25.7. The molecule has 124 valence electrons. The van der Waals surface area contributed by atoms with Crippen molar-refractivity contribution in [3.8, 4) is 22.0 Å². The fraction of sp³-hybridized carbons (Fsp3) is 0.188. The number of carboxylic acids is 1.